The monoisotopic (exact) mass is 294 g/mol. The fraction of sp³-hybridized carbons (Fsp3) is 0.167. The lowest BCUT2D eigenvalue weighted by atomic mass is 10.2. The van der Waals surface area contributed by atoms with E-state index in [1.165, 1.54) is 23.0 Å². The molecule has 0 fully saturated rings. The van der Waals surface area contributed by atoms with Crippen molar-refractivity contribution in [3.05, 3.63) is 41.7 Å². The Bertz CT molecular complexity index is 765. The molecule has 0 atom stereocenters. The maximum absolute atomic E-state index is 12.1. The minimum Gasteiger partial charge on any atom is -0.320 e. The molecular formula is C12H14N4O3S. The van der Waals surface area contributed by atoms with Gasteiger partial charge in [-0.25, -0.2) is 13.6 Å². The van der Waals surface area contributed by atoms with Crippen LogP contribution < -0.4 is 10.5 Å². The van der Waals surface area contributed by atoms with E-state index in [1.807, 2.05) is 0 Å². The zero-order valence-corrected chi connectivity index (χ0v) is 11.8. The Morgan fingerprint density at radius 2 is 2.05 bits per heavy atom. The van der Waals surface area contributed by atoms with Gasteiger partial charge < -0.3 is 5.32 Å². The molecule has 0 aliphatic rings. The minimum atomic E-state index is -3.81. The first kappa shape index (κ1) is 14.2. The van der Waals surface area contributed by atoms with Gasteiger partial charge in [0.1, 0.15) is 5.69 Å². The molecule has 0 aliphatic carbocycles. The maximum Gasteiger partial charge on any atom is 0.273 e. The third kappa shape index (κ3) is 2.86. The van der Waals surface area contributed by atoms with Gasteiger partial charge in [-0.3, -0.25) is 9.48 Å². The fourth-order valence-corrected chi connectivity index (χ4v) is 2.24. The van der Waals surface area contributed by atoms with Gasteiger partial charge in [-0.05, 0) is 30.7 Å². The molecule has 1 amide bonds. The molecule has 0 aliphatic heterocycles. The summed E-state index contributed by atoms with van der Waals surface area (Å²) in [5.41, 5.74) is 1.49. The first-order valence-corrected chi connectivity index (χ1v) is 7.26. The first-order chi connectivity index (χ1) is 9.29. The highest BCUT2D eigenvalue weighted by atomic mass is 32.2. The number of aromatic nitrogens is 2. The van der Waals surface area contributed by atoms with Crippen molar-refractivity contribution in [1.29, 1.82) is 0 Å². The number of nitrogens with two attached hydrogens (primary N) is 1. The Morgan fingerprint density at radius 1 is 1.35 bits per heavy atom. The van der Waals surface area contributed by atoms with E-state index in [9.17, 15) is 13.2 Å². The van der Waals surface area contributed by atoms with E-state index in [2.05, 4.69) is 10.4 Å². The minimum absolute atomic E-state index is 0.0524. The molecule has 0 saturated heterocycles. The lowest BCUT2D eigenvalue weighted by Gasteiger charge is -2.10. The average Bonchev–Trinajstić information content (AvgIpc) is 2.77. The van der Waals surface area contributed by atoms with Gasteiger partial charge in [-0.15, -0.1) is 0 Å². The van der Waals surface area contributed by atoms with Gasteiger partial charge in [-0.1, -0.05) is 6.07 Å². The molecule has 1 heterocycles. The van der Waals surface area contributed by atoms with Gasteiger partial charge in [0.2, 0.25) is 10.0 Å². The molecule has 0 spiro atoms. The zero-order valence-electron chi connectivity index (χ0n) is 11.0. The second-order valence-electron chi connectivity index (χ2n) is 4.32. The summed E-state index contributed by atoms with van der Waals surface area (Å²) < 4.78 is 24.1. The van der Waals surface area contributed by atoms with Crippen LogP contribution in [-0.2, 0) is 17.1 Å². The second-order valence-corrected chi connectivity index (χ2v) is 5.88. The standard InChI is InChI=1S/C12H14N4O3S/c1-8-3-4-9(20(13,18)19)7-10(8)15-12(17)11-5-6-14-16(11)2/h3-7H,1-2H3,(H,15,17)(H2,13,18,19). The average molecular weight is 294 g/mol. The Kier molecular flexibility index (Phi) is 3.60. The van der Waals surface area contributed by atoms with Crippen LogP contribution in [0.3, 0.4) is 0 Å². The fourth-order valence-electron chi connectivity index (χ4n) is 1.70. The summed E-state index contributed by atoms with van der Waals surface area (Å²) in [7, 11) is -2.17. The van der Waals surface area contributed by atoms with Crippen molar-refractivity contribution in [1.82, 2.24) is 9.78 Å². The summed E-state index contributed by atoms with van der Waals surface area (Å²) in [6.07, 6.45) is 1.50. The first-order valence-electron chi connectivity index (χ1n) is 5.72. The number of aryl methyl sites for hydroxylation is 2. The Morgan fingerprint density at radius 3 is 2.60 bits per heavy atom. The lowest BCUT2D eigenvalue weighted by molar-refractivity contribution is 0.101. The lowest BCUT2D eigenvalue weighted by Crippen LogP contribution is -2.18. The van der Waals surface area contributed by atoms with Crippen molar-refractivity contribution >= 4 is 21.6 Å². The number of hydrogen-bond donors (Lipinski definition) is 2. The highest BCUT2D eigenvalue weighted by molar-refractivity contribution is 7.89. The van der Waals surface area contributed by atoms with E-state index in [4.69, 9.17) is 5.14 Å². The van der Waals surface area contributed by atoms with Gasteiger partial charge in [-0.2, -0.15) is 5.10 Å². The van der Waals surface area contributed by atoms with Crippen LogP contribution in [-0.4, -0.2) is 24.1 Å². The van der Waals surface area contributed by atoms with Crippen LogP contribution in [0, 0.1) is 6.92 Å². The number of anilines is 1. The number of rotatable bonds is 3. The molecule has 106 valence electrons. The van der Waals surface area contributed by atoms with E-state index in [0.717, 1.165) is 5.56 Å². The normalized spacial score (nSPS) is 11.3. The second kappa shape index (κ2) is 5.06. The summed E-state index contributed by atoms with van der Waals surface area (Å²) in [6.45, 7) is 1.76. The van der Waals surface area contributed by atoms with Crippen molar-refractivity contribution in [2.75, 3.05) is 5.32 Å². The summed E-state index contributed by atoms with van der Waals surface area (Å²) >= 11 is 0. The van der Waals surface area contributed by atoms with Crippen LogP contribution in [0.4, 0.5) is 5.69 Å². The summed E-state index contributed by atoms with van der Waals surface area (Å²) in [5, 5.41) is 11.6. The Labute approximate surface area is 116 Å². The summed E-state index contributed by atoms with van der Waals surface area (Å²) in [5.74, 6) is -0.375. The molecule has 1 aromatic carbocycles. The highest BCUT2D eigenvalue weighted by Crippen LogP contribution is 2.20. The van der Waals surface area contributed by atoms with Crippen LogP contribution >= 0.6 is 0 Å². The van der Waals surface area contributed by atoms with Crippen molar-refractivity contribution in [2.24, 2.45) is 12.2 Å². The van der Waals surface area contributed by atoms with Crippen molar-refractivity contribution in [3.63, 3.8) is 0 Å². The largest absolute Gasteiger partial charge is 0.320 e. The van der Waals surface area contributed by atoms with Crippen LogP contribution in [0.2, 0.25) is 0 Å². The molecule has 0 radical (unpaired) electrons. The highest BCUT2D eigenvalue weighted by Gasteiger charge is 2.14. The number of benzene rings is 1. The molecular weight excluding hydrogens is 280 g/mol. The maximum atomic E-state index is 12.1. The van der Waals surface area contributed by atoms with Gasteiger partial charge in [0.15, 0.2) is 0 Å². The number of carbonyl (C=O) groups excluding carboxylic acids is 1. The summed E-state index contributed by atoms with van der Waals surface area (Å²) in [6, 6.07) is 5.87. The van der Waals surface area contributed by atoms with Crippen LogP contribution in [0.25, 0.3) is 0 Å². The van der Waals surface area contributed by atoms with Crippen LogP contribution in [0.15, 0.2) is 35.4 Å². The number of carbonyl (C=O) groups is 1. The van der Waals surface area contributed by atoms with Gasteiger partial charge in [0, 0.05) is 18.9 Å². The third-order valence-corrected chi connectivity index (χ3v) is 3.75. The SMILES string of the molecule is Cc1ccc(S(N)(=O)=O)cc1NC(=O)c1ccnn1C. The van der Waals surface area contributed by atoms with E-state index in [0.29, 0.717) is 11.4 Å². The molecule has 8 heteroatoms. The quantitative estimate of drug-likeness (QED) is 0.865. The smallest absolute Gasteiger partial charge is 0.273 e. The van der Waals surface area contributed by atoms with E-state index >= 15 is 0 Å². The predicted molar refractivity (Wildman–Crippen MR) is 73.7 cm³/mol. The molecule has 20 heavy (non-hydrogen) atoms. The molecule has 1 aromatic heterocycles. The number of nitrogens with one attached hydrogen (secondary N) is 1. The van der Waals surface area contributed by atoms with Crippen molar-refractivity contribution < 1.29 is 13.2 Å². The number of primary sulfonamides is 1. The van der Waals surface area contributed by atoms with Gasteiger partial charge in [0.25, 0.3) is 5.91 Å². The Balaban J connectivity index is 2.34. The predicted octanol–water partition coefficient (Wildman–Crippen LogP) is 0.628. The molecule has 0 bridgehead atoms. The number of amides is 1. The van der Waals surface area contributed by atoms with E-state index in [1.54, 1.807) is 26.1 Å². The third-order valence-electron chi connectivity index (χ3n) is 2.84. The van der Waals surface area contributed by atoms with Crippen molar-refractivity contribution in [2.45, 2.75) is 11.8 Å². The number of nitrogens with zero attached hydrogens (tertiary/aromatic N) is 2. The molecule has 0 saturated carbocycles. The number of hydrogen-bond acceptors (Lipinski definition) is 4. The molecule has 2 aromatic rings. The van der Waals surface area contributed by atoms with Crippen molar-refractivity contribution in [3.8, 4) is 0 Å². The summed E-state index contributed by atoms with van der Waals surface area (Å²) in [4.78, 5) is 12.0. The molecule has 7 nitrogen and oxygen atoms in total. The topological polar surface area (TPSA) is 107 Å². The van der Waals surface area contributed by atoms with Crippen LogP contribution in [0.1, 0.15) is 16.1 Å². The molecule has 2 rings (SSSR count). The zero-order chi connectivity index (χ0) is 14.9. The van der Waals surface area contributed by atoms with Crippen LogP contribution in [0.5, 0.6) is 0 Å². The Hall–Kier alpha value is -2.19. The van der Waals surface area contributed by atoms with Gasteiger partial charge in [0.05, 0.1) is 4.90 Å². The van der Waals surface area contributed by atoms with E-state index < -0.39 is 10.0 Å². The number of sulfonamides is 1. The molecule has 0 unspecified atom stereocenters. The molecule has 3 N–H and O–H groups in total. The van der Waals surface area contributed by atoms with E-state index in [-0.39, 0.29) is 10.8 Å². The van der Waals surface area contributed by atoms with Gasteiger partial charge >= 0.3 is 0 Å².